The quantitative estimate of drug-likeness (QED) is 0.104. The SMILES string of the molecule is Cn1c(-c2[c-]c(Oc3[c-]c(-n4c5ncccc5c5ccc6c(c54)Oc4ccccc4[N+]6(C)C)ccc3)ccc2)nc2ccccc21.[Pd+2]. The minimum atomic E-state index is 0. The molecule has 5 aromatic carbocycles. The summed E-state index contributed by atoms with van der Waals surface area (Å²) in [6.45, 7) is 0. The first-order valence-corrected chi connectivity index (χ1v) is 15.2. The number of pyridine rings is 1. The Balaban J connectivity index is 0.00000324. The second-order valence-corrected chi connectivity index (χ2v) is 12.0. The third-order valence-electron chi connectivity index (χ3n) is 8.91. The molecule has 8 heteroatoms. The van der Waals surface area contributed by atoms with Gasteiger partial charge in [-0.2, -0.15) is 6.07 Å². The van der Waals surface area contributed by atoms with Crippen LogP contribution in [0.15, 0.2) is 115 Å². The van der Waals surface area contributed by atoms with Gasteiger partial charge in [0, 0.05) is 47.6 Å². The Bertz CT molecular complexity index is 2500. The summed E-state index contributed by atoms with van der Waals surface area (Å²) in [4.78, 5) is 9.68. The third kappa shape index (κ3) is 4.49. The van der Waals surface area contributed by atoms with Crippen molar-refractivity contribution in [3.05, 3.63) is 128 Å². The van der Waals surface area contributed by atoms with Gasteiger partial charge in [-0.15, -0.1) is 42.0 Å². The molecule has 0 saturated heterocycles. The van der Waals surface area contributed by atoms with Gasteiger partial charge in [-0.3, -0.25) is 9.47 Å². The molecule has 7 nitrogen and oxygen atoms in total. The van der Waals surface area contributed by atoms with Crippen LogP contribution in [0.4, 0.5) is 11.4 Å². The fourth-order valence-electron chi connectivity index (χ4n) is 6.68. The van der Waals surface area contributed by atoms with Crippen LogP contribution >= 0.6 is 0 Å². The molecule has 230 valence electrons. The van der Waals surface area contributed by atoms with E-state index in [1.165, 1.54) is 0 Å². The van der Waals surface area contributed by atoms with E-state index in [0.29, 0.717) is 16.0 Å². The number of quaternary nitrogens is 1. The molecule has 1 aliphatic rings. The van der Waals surface area contributed by atoms with Crippen molar-refractivity contribution in [3.63, 3.8) is 0 Å². The van der Waals surface area contributed by atoms with Gasteiger partial charge in [0.15, 0.2) is 17.1 Å². The van der Waals surface area contributed by atoms with Gasteiger partial charge in [0.2, 0.25) is 5.75 Å². The van der Waals surface area contributed by atoms with Crippen LogP contribution in [0.2, 0.25) is 0 Å². The summed E-state index contributed by atoms with van der Waals surface area (Å²) in [5, 5.41) is 2.10. The number of aryl methyl sites for hydroxylation is 1. The van der Waals surface area contributed by atoms with Crippen molar-refractivity contribution < 1.29 is 29.9 Å². The van der Waals surface area contributed by atoms with Crippen LogP contribution in [0.1, 0.15) is 0 Å². The van der Waals surface area contributed by atoms with Crippen LogP contribution in [-0.4, -0.2) is 33.2 Å². The number of aromatic nitrogens is 4. The largest absolute Gasteiger partial charge is 2.00 e. The molecule has 0 radical (unpaired) electrons. The fourth-order valence-corrected chi connectivity index (χ4v) is 6.68. The van der Waals surface area contributed by atoms with Crippen molar-refractivity contribution in [3.8, 4) is 40.1 Å². The minimum Gasteiger partial charge on any atom is -0.503 e. The van der Waals surface area contributed by atoms with E-state index in [0.717, 1.165) is 72.9 Å². The van der Waals surface area contributed by atoms with Gasteiger partial charge >= 0.3 is 20.4 Å². The molecule has 0 unspecified atom stereocenters. The zero-order chi connectivity index (χ0) is 31.0. The Hall–Kier alpha value is -5.26. The van der Waals surface area contributed by atoms with E-state index in [-0.39, 0.29) is 20.4 Å². The van der Waals surface area contributed by atoms with Crippen LogP contribution in [0.5, 0.6) is 23.0 Å². The number of benzene rings is 5. The fraction of sp³-hybridized carbons (Fsp3) is 0.0769. The van der Waals surface area contributed by atoms with Crippen molar-refractivity contribution in [1.29, 1.82) is 0 Å². The number of rotatable bonds is 4. The predicted octanol–water partition coefficient (Wildman–Crippen LogP) is 9.13. The molecular weight excluding hydrogens is 677 g/mol. The van der Waals surface area contributed by atoms with E-state index in [2.05, 4.69) is 71.8 Å². The molecule has 0 aliphatic carbocycles. The van der Waals surface area contributed by atoms with Gasteiger partial charge in [0.1, 0.15) is 11.2 Å². The number of para-hydroxylation sites is 4. The molecule has 0 atom stereocenters. The second kappa shape index (κ2) is 10.9. The monoisotopic (exact) mass is 704 g/mol. The Labute approximate surface area is 285 Å². The number of hydrogen-bond donors (Lipinski definition) is 0. The zero-order valence-corrected chi connectivity index (χ0v) is 27.4. The molecule has 0 N–H and O–H groups in total. The summed E-state index contributed by atoms with van der Waals surface area (Å²) in [5.74, 6) is 3.62. The van der Waals surface area contributed by atoms with Gasteiger partial charge < -0.3 is 18.6 Å². The van der Waals surface area contributed by atoms with Crippen LogP contribution in [0.25, 0.3) is 50.0 Å². The molecule has 0 amide bonds. The number of fused-ring (bicyclic) bond motifs is 7. The molecule has 3 aromatic heterocycles. The number of ether oxygens (including phenoxy) is 2. The first-order valence-electron chi connectivity index (χ1n) is 15.2. The van der Waals surface area contributed by atoms with Crippen molar-refractivity contribution in [2.24, 2.45) is 7.05 Å². The van der Waals surface area contributed by atoms with E-state index in [9.17, 15) is 0 Å². The average molecular weight is 705 g/mol. The van der Waals surface area contributed by atoms with Crippen molar-refractivity contribution >= 4 is 44.3 Å². The summed E-state index contributed by atoms with van der Waals surface area (Å²) >= 11 is 0. The van der Waals surface area contributed by atoms with Gasteiger partial charge in [-0.1, -0.05) is 36.0 Å². The van der Waals surface area contributed by atoms with Crippen molar-refractivity contribution in [1.82, 2.24) is 23.6 Å². The van der Waals surface area contributed by atoms with E-state index < -0.39 is 0 Å². The zero-order valence-electron chi connectivity index (χ0n) is 25.8. The summed E-state index contributed by atoms with van der Waals surface area (Å²) in [6, 6.07) is 43.4. The van der Waals surface area contributed by atoms with Crippen LogP contribution < -0.4 is 14.0 Å². The summed E-state index contributed by atoms with van der Waals surface area (Å²) in [7, 11) is 6.40. The molecule has 47 heavy (non-hydrogen) atoms. The number of imidazole rings is 1. The maximum Gasteiger partial charge on any atom is 2.00 e. The maximum atomic E-state index is 6.71. The maximum absolute atomic E-state index is 6.71. The standard InChI is InChI=1S/C39H28N5O2.Pd/c1-42-32-17-5-4-16-31(32)41-38(42)25-11-8-13-27(23-25)45-28-14-9-12-26(24-28)43-36-29(30-15-10-22-40-39(30)43)20-21-34-37(36)46-35-19-7-6-18-33(35)44(34,2)3;/h4-22H,1-3H3;/q-1;+2. The Kier molecular flexibility index (Phi) is 6.78. The van der Waals surface area contributed by atoms with E-state index in [1.54, 1.807) is 0 Å². The minimum absolute atomic E-state index is 0. The normalized spacial score (nSPS) is 13.2. The van der Waals surface area contributed by atoms with Crippen molar-refractivity contribution in [2.45, 2.75) is 0 Å². The number of nitrogens with zero attached hydrogens (tertiary/aromatic N) is 5. The summed E-state index contributed by atoms with van der Waals surface area (Å²) in [6.07, 6.45) is 1.82. The first-order chi connectivity index (χ1) is 22.5. The van der Waals surface area contributed by atoms with Crippen LogP contribution in [0, 0.1) is 12.1 Å². The molecule has 1 aliphatic heterocycles. The van der Waals surface area contributed by atoms with E-state index in [4.69, 9.17) is 19.4 Å². The molecule has 0 bridgehead atoms. The summed E-state index contributed by atoms with van der Waals surface area (Å²) in [5.41, 5.74) is 7.59. The van der Waals surface area contributed by atoms with Gasteiger partial charge in [0.05, 0.1) is 31.0 Å². The van der Waals surface area contributed by atoms with Gasteiger partial charge in [-0.05, 0) is 36.4 Å². The molecular formula is C39H28N5O2Pd+. The second-order valence-electron chi connectivity index (χ2n) is 12.0. The van der Waals surface area contributed by atoms with E-state index >= 15 is 0 Å². The molecule has 0 spiro atoms. The molecule has 0 saturated carbocycles. The van der Waals surface area contributed by atoms with Crippen LogP contribution in [0.3, 0.4) is 0 Å². The van der Waals surface area contributed by atoms with Crippen molar-refractivity contribution in [2.75, 3.05) is 14.1 Å². The number of hydrogen-bond acceptors (Lipinski definition) is 4. The Morgan fingerprint density at radius 3 is 2.40 bits per heavy atom. The predicted molar refractivity (Wildman–Crippen MR) is 182 cm³/mol. The van der Waals surface area contributed by atoms with Gasteiger partial charge in [0.25, 0.3) is 0 Å². The Morgan fingerprint density at radius 1 is 0.745 bits per heavy atom. The Morgan fingerprint density at radius 2 is 1.53 bits per heavy atom. The summed E-state index contributed by atoms with van der Waals surface area (Å²) < 4.78 is 17.9. The third-order valence-corrected chi connectivity index (χ3v) is 8.91. The smallest absolute Gasteiger partial charge is 0.503 e. The average Bonchev–Trinajstić information content (AvgIpc) is 3.60. The van der Waals surface area contributed by atoms with Gasteiger partial charge in [-0.25, -0.2) is 4.98 Å². The van der Waals surface area contributed by atoms with Crippen LogP contribution in [-0.2, 0) is 27.5 Å². The molecule has 8 aromatic rings. The molecule has 4 heterocycles. The van der Waals surface area contributed by atoms with E-state index in [1.807, 2.05) is 86.0 Å². The topological polar surface area (TPSA) is 54.1 Å². The molecule has 0 fully saturated rings. The first kappa shape index (κ1) is 29.2. The molecule has 9 rings (SSSR count).